The molecule has 7 nitrogen and oxygen atoms in total. The molecule has 0 aromatic heterocycles. The Morgan fingerprint density at radius 3 is 2.12 bits per heavy atom. The number of nitrogens with one attached hydrogen (secondary N) is 1. The Kier molecular flexibility index (Phi) is 13.8. The van der Waals surface area contributed by atoms with Gasteiger partial charge in [-0.05, 0) is 31.1 Å². The molecule has 1 amide bonds. The average Bonchev–Trinajstić information content (AvgIpc) is 2.63. The molecule has 25 heavy (non-hydrogen) atoms. The van der Waals surface area contributed by atoms with Gasteiger partial charge in [0.25, 0.3) is 5.91 Å². The first-order valence-electron chi connectivity index (χ1n) is 8.52. The van der Waals surface area contributed by atoms with E-state index in [0.29, 0.717) is 12.8 Å². The Hall–Kier alpha value is -1.61. The SMILES string of the molecule is CCCCC#CC#CCCCCNC(=O)[C@H](O)[C@@H](O)[C@H](O)[C@H](O)CO. The highest BCUT2D eigenvalue weighted by Gasteiger charge is 2.33. The summed E-state index contributed by atoms with van der Waals surface area (Å²) < 4.78 is 0. The van der Waals surface area contributed by atoms with Gasteiger partial charge < -0.3 is 30.8 Å². The highest BCUT2D eigenvalue weighted by atomic mass is 16.4. The normalized spacial score (nSPS) is 15.0. The number of hydrogen-bond acceptors (Lipinski definition) is 6. The Bertz CT molecular complexity index is 487. The number of aliphatic hydroxyl groups excluding tert-OH is 5. The van der Waals surface area contributed by atoms with E-state index in [0.717, 1.165) is 25.7 Å². The Labute approximate surface area is 149 Å². The third kappa shape index (κ3) is 10.8. The maximum atomic E-state index is 11.6. The van der Waals surface area contributed by atoms with Crippen LogP contribution in [0.15, 0.2) is 0 Å². The number of carbonyl (C=O) groups excluding carboxylic acids is 1. The fraction of sp³-hybridized carbons (Fsp3) is 0.722. The largest absolute Gasteiger partial charge is 0.394 e. The lowest BCUT2D eigenvalue weighted by Gasteiger charge is -2.24. The van der Waals surface area contributed by atoms with Gasteiger partial charge in [-0.25, -0.2) is 0 Å². The van der Waals surface area contributed by atoms with Crippen LogP contribution in [0.4, 0.5) is 0 Å². The molecular formula is C18H29NO6. The number of hydrogen-bond donors (Lipinski definition) is 6. The molecule has 0 aliphatic carbocycles. The fourth-order valence-corrected chi connectivity index (χ4v) is 1.81. The van der Waals surface area contributed by atoms with Gasteiger partial charge in [0.2, 0.25) is 0 Å². The van der Waals surface area contributed by atoms with Crippen LogP contribution in [0.3, 0.4) is 0 Å². The smallest absolute Gasteiger partial charge is 0.251 e. The van der Waals surface area contributed by atoms with Crippen molar-refractivity contribution in [1.29, 1.82) is 0 Å². The van der Waals surface area contributed by atoms with Crippen molar-refractivity contribution in [3.8, 4) is 23.7 Å². The van der Waals surface area contributed by atoms with Crippen LogP contribution >= 0.6 is 0 Å². The summed E-state index contributed by atoms with van der Waals surface area (Å²) in [6.07, 6.45) is -2.18. The fourth-order valence-electron chi connectivity index (χ4n) is 1.81. The number of aliphatic hydroxyl groups is 5. The average molecular weight is 355 g/mol. The summed E-state index contributed by atoms with van der Waals surface area (Å²) in [5.41, 5.74) is 0. The van der Waals surface area contributed by atoms with Crippen LogP contribution in [0.1, 0.15) is 45.4 Å². The molecular weight excluding hydrogens is 326 g/mol. The van der Waals surface area contributed by atoms with Crippen molar-refractivity contribution in [3.05, 3.63) is 0 Å². The molecule has 142 valence electrons. The topological polar surface area (TPSA) is 130 Å². The second-order valence-electron chi connectivity index (χ2n) is 5.63. The number of amides is 1. The Morgan fingerprint density at radius 2 is 1.56 bits per heavy atom. The van der Waals surface area contributed by atoms with Crippen molar-refractivity contribution in [2.45, 2.75) is 69.9 Å². The van der Waals surface area contributed by atoms with E-state index in [4.69, 9.17) is 5.11 Å². The van der Waals surface area contributed by atoms with Crippen LogP contribution in [-0.4, -0.2) is 69.0 Å². The van der Waals surface area contributed by atoms with Crippen LogP contribution in [0, 0.1) is 23.7 Å². The molecule has 6 N–H and O–H groups in total. The molecule has 0 heterocycles. The van der Waals surface area contributed by atoms with E-state index in [1.165, 1.54) is 0 Å². The van der Waals surface area contributed by atoms with E-state index >= 15 is 0 Å². The first-order valence-corrected chi connectivity index (χ1v) is 8.52. The van der Waals surface area contributed by atoms with Gasteiger partial charge in [0.15, 0.2) is 6.10 Å². The van der Waals surface area contributed by atoms with Crippen LogP contribution in [0.5, 0.6) is 0 Å². The minimum atomic E-state index is -1.89. The molecule has 0 aromatic carbocycles. The highest BCUT2D eigenvalue weighted by Crippen LogP contribution is 2.05. The van der Waals surface area contributed by atoms with Crippen LogP contribution in [-0.2, 0) is 4.79 Å². The zero-order chi connectivity index (χ0) is 19.1. The third-order valence-corrected chi connectivity index (χ3v) is 3.45. The molecule has 7 heteroatoms. The number of rotatable bonds is 11. The number of carbonyl (C=O) groups is 1. The first kappa shape index (κ1) is 23.4. The van der Waals surface area contributed by atoms with Crippen LogP contribution in [0.25, 0.3) is 0 Å². The molecule has 0 bridgehead atoms. The lowest BCUT2D eigenvalue weighted by molar-refractivity contribution is -0.148. The molecule has 0 unspecified atom stereocenters. The van der Waals surface area contributed by atoms with Gasteiger partial charge in [-0.2, -0.15) is 0 Å². The van der Waals surface area contributed by atoms with Gasteiger partial charge in [-0.1, -0.05) is 25.2 Å². The molecule has 0 fully saturated rings. The quantitative estimate of drug-likeness (QED) is 0.206. The van der Waals surface area contributed by atoms with Crippen LogP contribution < -0.4 is 5.32 Å². The Morgan fingerprint density at radius 1 is 0.960 bits per heavy atom. The maximum Gasteiger partial charge on any atom is 0.251 e. The molecule has 0 saturated heterocycles. The second-order valence-corrected chi connectivity index (χ2v) is 5.63. The molecule has 0 rings (SSSR count). The highest BCUT2D eigenvalue weighted by molar-refractivity contribution is 5.81. The van der Waals surface area contributed by atoms with E-state index in [1.807, 2.05) is 0 Å². The maximum absolute atomic E-state index is 11.6. The summed E-state index contributed by atoms with van der Waals surface area (Å²) in [6.45, 7) is 1.59. The summed E-state index contributed by atoms with van der Waals surface area (Å²) in [5, 5.41) is 48.9. The van der Waals surface area contributed by atoms with Crippen molar-refractivity contribution < 1.29 is 30.3 Å². The van der Waals surface area contributed by atoms with Crippen LogP contribution in [0.2, 0.25) is 0 Å². The summed E-state index contributed by atoms with van der Waals surface area (Å²) >= 11 is 0. The van der Waals surface area contributed by atoms with Crippen molar-refractivity contribution in [3.63, 3.8) is 0 Å². The lowest BCUT2D eigenvalue weighted by Crippen LogP contribution is -2.51. The van der Waals surface area contributed by atoms with E-state index in [-0.39, 0.29) is 6.54 Å². The van der Waals surface area contributed by atoms with E-state index < -0.39 is 36.9 Å². The summed E-state index contributed by atoms with van der Waals surface area (Å²) in [5.74, 6) is 10.6. The van der Waals surface area contributed by atoms with E-state index in [9.17, 15) is 25.2 Å². The zero-order valence-corrected chi connectivity index (χ0v) is 14.6. The zero-order valence-electron chi connectivity index (χ0n) is 14.6. The van der Waals surface area contributed by atoms with Gasteiger partial charge in [-0.3, -0.25) is 4.79 Å². The standard InChI is InChI=1S/C18H29NO6/c1-2-3-4-5-6-7-8-9-10-11-12-19-18(25)17(24)16(23)15(22)14(21)13-20/h14-17,20-24H,2-4,9-13H2,1H3,(H,19,25)/t14-,15-,16+,17-/m1/s1. The predicted molar refractivity (Wildman–Crippen MR) is 93.1 cm³/mol. The predicted octanol–water partition coefficient (Wildman–Crippen LogP) is -1.09. The first-order chi connectivity index (χ1) is 12.0. The molecule has 0 aromatic rings. The third-order valence-electron chi connectivity index (χ3n) is 3.45. The summed E-state index contributed by atoms with van der Waals surface area (Å²) in [7, 11) is 0. The van der Waals surface area contributed by atoms with Crippen molar-refractivity contribution in [2.75, 3.05) is 13.2 Å². The van der Waals surface area contributed by atoms with Crippen molar-refractivity contribution >= 4 is 5.91 Å². The molecule has 0 saturated carbocycles. The van der Waals surface area contributed by atoms with Crippen molar-refractivity contribution in [1.82, 2.24) is 5.32 Å². The van der Waals surface area contributed by atoms with Gasteiger partial charge in [0, 0.05) is 19.4 Å². The molecule has 0 radical (unpaired) electrons. The summed E-state index contributed by atoms with van der Waals surface area (Å²) in [6, 6.07) is 0. The Balaban J connectivity index is 3.92. The van der Waals surface area contributed by atoms with Gasteiger partial charge in [0.05, 0.1) is 6.61 Å². The molecule has 0 spiro atoms. The molecule has 4 atom stereocenters. The number of unbranched alkanes of at least 4 members (excludes halogenated alkanes) is 4. The van der Waals surface area contributed by atoms with Gasteiger partial charge >= 0.3 is 0 Å². The second kappa shape index (κ2) is 14.7. The summed E-state index contributed by atoms with van der Waals surface area (Å²) in [4.78, 5) is 11.6. The lowest BCUT2D eigenvalue weighted by atomic mass is 10.0. The van der Waals surface area contributed by atoms with E-state index in [2.05, 4.69) is 35.9 Å². The minimum Gasteiger partial charge on any atom is -0.394 e. The van der Waals surface area contributed by atoms with Crippen molar-refractivity contribution in [2.24, 2.45) is 0 Å². The molecule has 0 aliphatic rings. The minimum absolute atomic E-state index is 0.283. The van der Waals surface area contributed by atoms with Gasteiger partial charge in [0.1, 0.15) is 18.3 Å². The van der Waals surface area contributed by atoms with E-state index in [1.54, 1.807) is 0 Å². The monoisotopic (exact) mass is 355 g/mol. The van der Waals surface area contributed by atoms with Gasteiger partial charge in [-0.15, -0.1) is 0 Å². The molecule has 0 aliphatic heterocycles.